The van der Waals surface area contributed by atoms with E-state index in [1.54, 1.807) is 6.92 Å². The summed E-state index contributed by atoms with van der Waals surface area (Å²) in [5, 5.41) is 5.47. The quantitative estimate of drug-likeness (QED) is 0.453. The van der Waals surface area contributed by atoms with Crippen molar-refractivity contribution in [3.8, 4) is 11.5 Å². The molecule has 0 saturated heterocycles. The Morgan fingerprint density at radius 2 is 1.93 bits per heavy atom. The molecule has 0 fully saturated rings. The predicted molar refractivity (Wildman–Crippen MR) is 111 cm³/mol. The van der Waals surface area contributed by atoms with Crippen LogP contribution in [0.4, 0.5) is 4.79 Å². The molecule has 7 heteroatoms. The van der Waals surface area contributed by atoms with Gasteiger partial charge in [0.15, 0.2) is 11.5 Å². The summed E-state index contributed by atoms with van der Waals surface area (Å²) in [5.74, 6) is 0.999. The van der Waals surface area contributed by atoms with E-state index in [1.165, 1.54) is 0 Å². The minimum absolute atomic E-state index is 0.216. The lowest BCUT2D eigenvalue weighted by Crippen LogP contribution is -2.45. The Kier molecular flexibility index (Phi) is 8.36. The summed E-state index contributed by atoms with van der Waals surface area (Å²) in [4.78, 5) is 24.8. The Morgan fingerprint density at radius 3 is 2.59 bits per heavy atom. The Hall–Kier alpha value is -2.70. The van der Waals surface area contributed by atoms with Crippen LogP contribution in [0.25, 0.3) is 0 Å². The molecule has 1 aliphatic rings. The van der Waals surface area contributed by atoms with Crippen LogP contribution in [-0.2, 0) is 9.53 Å². The number of unbranched alkanes of at least 4 members (excludes halogenated alkanes) is 1. The summed E-state index contributed by atoms with van der Waals surface area (Å²) in [6.45, 7) is 11.0. The lowest BCUT2D eigenvalue weighted by atomic mass is 9.95. The van der Waals surface area contributed by atoms with Crippen LogP contribution < -0.4 is 20.1 Å². The van der Waals surface area contributed by atoms with Crippen LogP contribution in [0, 0.1) is 5.92 Å². The van der Waals surface area contributed by atoms with Gasteiger partial charge in [-0.2, -0.15) is 0 Å². The third-order valence-corrected chi connectivity index (χ3v) is 4.39. The van der Waals surface area contributed by atoms with E-state index in [0.717, 1.165) is 18.4 Å². The molecule has 29 heavy (non-hydrogen) atoms. The number of benzene rings is 1. The highest BCUT2D eigenvalue weighted by molar-refractivity contribution is 5.95. The van der Waals surface area contributed by atoms with Gasteiger partial charge in [-0.1, -0.05) is 33.3 Å². The maximum absolute atomic E-state index is 12.7. The molecule has 0 spiro atoms. The van der Waals surface area contributed by atoms with Crippen LogP contribution in [0.15, 0.2) is 29.5 Å². The molecule has 1 aliphatic heterocycles. The van der Waals surface area contributed by atoms with Crippen molar-refractivity contribution < 1.29 is 23.8 Å². The number of urea groups is 1. The number of amides is 2. The van der Waals surface area contributed by atoms with E-state index in [9.17, 15) is 9.59 Å². The number of allylic oxidation sites excluding steroid dienone is 1. The van der Waals surface area contributed by atoms with Gasteiger partial charge in [0.25, 0.3) is 0 Å². The van der Waals surface area contributed by atoms with Gasteiger partial charge in [-0.15, -0.1) is 0 Å². The number of ether oxygens (including phenoxy) is 3. The highest BCUT2D eigenvalue weighted by atomic mass is 16.5. The summed E-state index contributed by atoms with van der Waals surface area (Å²) in [6.07, 6.45) is 1.99. The van der Waals surface area contributed by atoms with E-state index in [2.05, 4.69) is 17.6 Å². The van der Waals surface area contributed by atoms with Crippen LogP contribution in [-0.4, -0.2) is 31.8 Å². The summed E-state index contributed by atoms with van der Waals surface area (Å²) in [6, 6.07) is 4.46. The highest BCUT2D eigenvalue weighted by Crippen LogP contribution is 2.35. The van der Waals surface area contributed by atoms with Crippen molar-refractivity contribution in [3.05, 3.63) is 35.0 Å². The van der Waals surface area contributed by atoms with E-state index in [4.69, 9.17) is 14.2 Å². The zero-order valence-electron chi connectivity index (χ0n) is 18.0. The SMILES string of the molecule is CCCCOc1ccc(C2NC(=O)NC(C)=C2C(=O)OCC(C)C)cc1OCC. The molecule has 2 rings (SSSR count). The molecule has 7 nitrogen and oxygen atoms in total. The van der Waals surface area contributed by atoms with Gasteiger partial charge in [-0.25, -0.2) is 9.59 Å². The van der Waals surface area contributed by atoms with Crippen LogP contribution >= 0.6 is 0 Å². The van der Waals surface area contributed by atoms with Crippen LogP contribution in [0.1, 0.15) is 59.1 Å². The second-order valence-corrected chi connectivity index (χ2v) is 7.40. The topological polar surface area (TPSA) is 85.9 Å². The van der Waals surface area contributed by atoms with Gasteiger partial charge in [0.2, 0.25) is 0 Å². The summed E-state index contributed by atoms with van der Waals surface area (Å²) in [5.41, 5.74) is 1.59. The van der Waals surface area contributed by atoms with Crippen molar-refractivity contribution in [2.45, 2.75) is 53.5 Å². The number of esters is 1. The molecule has 1 aromatic rings. The monoisotopic (exact) mass is 404 g/mol. The van der Waals surface area contributed by atoms with Crippen LogP contribution in [0.5, 0.6) is 11.5 Å². The summed E-state index contributed by atoms with van der Waals surface area (Å²) >= 11 is 0. The van der Waals surface area contributed by atoms with Gasteiger partial charge in [0.05, 0.1) is 31.4 Å². The molecule has 160 valence electrons. The van der Waals surface area contributed by atoms with Crippen molar-refractivity contribution >= 4 is 12.0 Å². The van der Waals surface area contributed by atoms with E-state index in [1.807, 2.05) is 39.0 Å². The Labute approximate surface area is 172 Å². The van der Waals surface area contributed by atoms with Crippen LogP contribution in [0.2, 0.25) is 0 Å². The molecular formula is C22H32N2O5. The smallest absolute Gasteiger partial charge is 0.338 e. The van der Waals surface area contributed by atoms with Crippen molar-refractivity contribution in [1.29, 1.82) is 0 Å². The lowest BCUT2D eigenvalue weighted by molar-refractivity contribution is -0.140. The fourth-order valence-corrected chi connectivity index (χ4v) is 2.95. The molecule has 0 saturated carbocycles. The molecule has 1 atom stereocenters. The number of hydrogen-bond donors (Lipinski definition) is 2. The summed E-state index contributed by atoms with van der Waals surface area (Å²) in [7, 11) is 0. The van der Waals surface area contributed by atoms with Crippen LogP contribution in [0.3, 0.4) is 0 Å². The first kappa shape index (κ1) is 22.6. The first-order valence-electron chi connectivity index (χ1n) is 10.2. The molecule has 0 bridgehead atoms. The van der Waals surface area contributed by atoms with E-state index >= 15 is 0 Å². The van der Waals surface area contributed by atoms with Crippen molar-refractivity contribution in [2.24, 2.45) is 5.92 Å². The fraction of sp³-hybridized carbons (Fsp3) is 0.545. The van der Waals surface area contributed by atoms with Gasteiger partial charge >= 0.3 is 12.0 Å². The second kappa shape index (κ2) is 10.7. The maximum Gasteiger partial charge on any atom is 0.338 e. The average Bonchev–Trinajstić information content (AvgIpc) is 2.67. The maximum atomic E-state index is 12.7. The van der Waals surface area contributed by atoms with Crippen molar-refractivity contribution in [1.82, 2.24) is 10.6 Å². The average molecular weight is 405 g/mol. The lowest BCUT2D eigenvalue weighted by Gasteiger charge is -2.28. The molecule has 0 aromatic heterocycles. The Balaban J connectivity index is 2.35. The number of carbonyl (C=O) groups is 2. The predicted octanol–water partition coefficient (Wildman–Crippen LogP) is 4.09. The zero-order chi connectivity index (χ0) is 21.4. The molecule has 0 radical (unpaired) electrons. The van der Waals surface area contributed by atoms with E-state index < -0.39 is 12.0 Å². The van der Waals surface area contributed by atoms with Crippen molar-refractivity contribution in [2.75, 3.05) is 19.8 Å². The molecule has 0 aliphatic carbocycles. The largest absolute Gasteiger partial charge is 0.490 e. The molecule has 2 amide bonds. The fourth-order valence-electron chi connectivity index (χ4n) is 2.95. The van der Waals surface area contributed by atoms with Gasteiger partial charge in [0, 0.05) is 5.70 Å². The number of rotatable bonds is 10. The molecule has 1 heterocycles. The third kappa shape index (κ3) is 6.14. The van der Waals surface area contributed by atoms with E-state index in [0.29, 0.717) is 42.6 Å². The number of carbonyl (C=O) groups excluding carboxylic acids is 2. The van der Waals surface area contributed by atoms with Gasteiger partial charge in [0.1, 0.15) is 0 Å². The van der Waals surface area contributed by atoms with Gasteiger partial charge < -0.3 is 24.8 Å². The second-order valence-electron chi connectivity index (χ2n) is 7.40. The molecular weight excluding hydrogens is 372 g/mol. The molecule has 1 unspecified atom stereocenters. The first-order chi connectivity index (χ1) is 13.9. The Morgan fingerprint density at radius 1 is 1.17 bits per heavy atom. The molecule has 1 aromatic carbocycles. The first-order valence-corrected chi connectivity index (χ1v) is 10.2. The normalized spacial score (nSPS) is 16.3. The Bertz CT molecular complexity index is 758. The minimum Gasteiger partial charge on any atom is -0.490 e. The number of hydrogen-bond acceptors (Lipinski definition) is 5. The highest BCUT2D eigenvalue weighted by Gasteiger charge is 2.32. The van der Waals surface area contributed by atoms with Gasteiger partial charge in [-0.05, 0) is 43.9 Å². The third-order valence-electron chi connectivity index (χ3n) is 4.39. The van der Waals surface area contributed by atoms with Crippen molar-refractivity contribution in [3.63, 3.8) is 0 Å². The zero-order valence-corrected chi connectivity index (χ0v) is 18.0. The van der Waals surface area contributed by atoms with Gasteiger partial charge in [-0.3, -0.25) is 0 Å². The number of nitrogens with one attached hydrogen (secondary N) is 2. The standard InChI is InChI=1S/C22H32N2O5/c1-6-8-11-28-17-10-9-16(12-18(17)27-7-2)20-19(15(5)23-22(26)24-20)21(25)29-13-14(3)4/h9-10,12,14,20H,6-8,11,13H2,1-5H3,(H2,23,24,26). The summed E-state index contributed by atoms with van der Waals surface area (Å²) < 4.78 is 17.0. The van der Waals surface area contributed by atoms with E-state index in [-0.39, 0.29) is 11.9 Å². The minimum atomic E-state index is -0.632. The molecule has 2 N–H and O–H groups in total.